The van der Waals surface area contributed by atoms with Gasteiger partial charge in [0, 0.05) is 5.69 Å². The quantitative estimate of drug-likeness (QED) is 0.794. The molecule has 0 aromatic carbocycles. The molecule has 1 N–H and O–H groups in total. The molecule has 0 saturated heterocycles. The van der Waals surface area contributed by atoms with Gasteiger partial charge in [0.25, 0.3) is 0 Å². The van der Waals surface area contributed by atoms with Gasteiger partial charge in [-0.05, 0) is 39.7 Å². The second kappa shape index (κ2) is 4.72. The number of nitrogens with one attached hydrogen (secondary N) is 1. The van der Waals surface area contributed by atoms with Crippen LogP contribution in [0.15, 0.2) is 6.33 Å². The van der Waals surface area contributed by atoms with Crippen LogP contribution in [0, 0.1) is 19.8 Å². The number of rotatable bonds is 5. The molecule has 0 aliphatic heterocycles. The van der Waals surface area contributed by atoms with Crippen molar-refractivity contribution in [3.05, 3.63) is 17.7 Å². The van der Waals surface area contributed by atoms with Gasteiger partial charge in [-0.1, -0.05) is 0 Å². The topological polar surface area (TPSA) is 56.2 Å². The summed E-state index contributed by atoms with van der Waals surface area (Å²) in [6, 6.07) is 0. The zero-order valence-electron chi connectivity index (χ0n) is 11.5. The van der Waals surface area contributed by atoms with E-state index in [0.29, 0.717) is 12.5 Å². The fraction of sp³-hybridized carbons (Fsp3) is 0.692. The largest absolute Gasteiger partial charge is 0.468 e. The first kappa shape index (κ1) is 13.1. The van der Waals surface area contributed by atoms with Crippen molar-refractivity contribution in [1.82, 2.24) is 14.9 Å². The lowest BCUT2D eigenvalue weighted by Gasteiger charge is -2.31. The Morgan fingerprint density at radius 3 is 2.67 bits per heavy atom. The molecule has 1 aliphatic rings. The van der Waals surface area contributed by atoms with Crippen LogP contribution in [0.3, 0.4) is 0 Å². The molecule has 0 amide bonds. The lowest BCUT2D eigenvalue weighted by molar-refractivity contribution is -0.150. The van der Waals surface area contributed by atoms with Gasteiger partial charge >= 0.3 is 5.97 Å². The van der Waals surface area contributed by atoms with Crippen molar-refractivity contribution in [3.8, 4) is 0 Å². The van der Waals surface area contributed by atoms with Crippen LogP contribution < -0.4 is 5.32 Å². The molecule has 0 bridgehead atoms. The lowest BCUT2D eigenvalue weighted by atomic mass is 9.93. The van der Waals surface area contributed by atoms with E-state index >= 15 is 0 Å². The molecule has 2 rings (SSSR count). The second-order valence-corrected chi connectivity index (χ2v) is 5.03. The maximum atomic E-state index is 12.2. The second-order valence-electron chi connectivity index (χ2n) is 5.03. The summed E-state index contributed by atoms with van der Waals surface area (Å²) in [5.41, 5.74) is 1.48. The zero-order valence-corrected chi connectivity index (χ0v) is 11.5. The molecule has 18 heavy (non-hydrogen) atoms. The Morgan fingerprint density at radius 1 is 1.61 bits per heavy atom. The lowest BCUT2D eigenvalue weighted by Crippen LogP contribution is -2.56. The van der Waals surface area contributed by atoms with Gasteiger partial charge in [0.05, 0.1) is 25.7 Å². The number of hydrogen-bond donors (Lipinski definition) is 1. The predicted octanol–water partition coefficient (Wildman–Crippen LogP) is 1.04. The number of ether oxygens (including phenoxy) is 1. The fourth-order valence-electron chi connectivity index (χ4n) is 2.48. The van der Waals surface area contributed by atoms with E-state index < -0.39 is 5.54 Å². The summed E-state index contributed by atoms with van der Waals surface area (Å²) in [6.45, 7) is 4.57. The summed E-state index contributed by atoms with van der Waals surface area (Å²) in [6.07, 6.45) is 3.94. The van der Waals surface area contributed by atoms with Crippen LogP contribution in [0.2, 0.25) is 0 Å². The van der Waals surface area contributed by atoms with Crippen molar-refractivity contribution in [2.45, 2.75) is 38.8 Å². The molecule has 5 nitrogen and oxygen atoms in total. The Labute approximate surface area is 108 Å². The number of likely N-dealkylation sites (N-methyl/N-ethyl adjacent to an activating group) is 1. The first-order valence-corrected chi connectivity index (χ1v) is 6.31. The van der Waals surface area contributed by atoms with Crippen molar-refractivity contribution >= 4 is 5.97 Å². The third-order valence-corrected chi connectivity index (χ3v) is 4.03. The number of aryl methyl sites for hydroxylation is 1. The highest BCUT2D eigenvalue weighted by atomic mass is 16.5. The number of imidazole rings is 1. The third-order valence-electron chi connectivity index (χ3n) is 4.03. The van der Waals surface area contributed by atoms with Crippen LogP contribution >= 0.6 is 0 Å². The minimum atomic E-state index is -0.618. The van der Waals surface area contributed by atoms with Crippen molar-refractivity contribution in [2.75, 3.05) is 14.2 Å². The molecule has 1 aromatic heterocycles. The highest BCUT2D eigenvalue weighted by Gasteiger charge is 2.51. The van der Waals surface area contributed by atoms with Gasteiger partial charge in [-0.2, -0.15) is 0 Å². The minimum absolute atomic E-state index is 0.182. The summed E-state index contributed by atoms with van der Waals surface area (Å²) in [4.78, 5) is 16.4. The maximum absolute atomic E-state index is 12.2. The van der Waals surface area contributed by atoms with Crippen molar-refractivity contribution in [2.24, 2.45) is 5.92 Å². The van der Waals surface area contributed by atoms with Crippen molar-refractivity contribution in [1.29, 1.82) is 0 Å². The highest BCUT2D eigenvalue weighted by Crippen LogP contribution is 2.41. The van der Waals surface area contributed by atoms with Crippen LogP contribution in [0.1, 0.15) is 24.2 Å². The first-order chi connectivity index (χ1) is 8.55. The SMILES string of the molecule is CNC(Cn1cnc(C)c1C)(C(=O)OC)C1CC1. The molecular weight excluding hydrogens is 230 g/mol. The fourth-order valence-corrected chi connectivity index (χ4v) is 2.48. The van der Waals surface area contributed by atoms with Gasteiger partial charge in [0.15, 0.2) is 0 Å². The number of esters is 1. The van der Waals surface area contributed by atoms with Gasteiger partial charge in [0.2, 0.25) is 0 Å². The predicted molar refractivity (Wildman–Crippen MR) is 68.2 cm³/mol. The Morgan fingerprint density at radius 2 is 2.28 bits per heavy atom. The van der Waals surface area contributed by atoms with Gasteiger partial charge in [0.1, 0.15) is 5.54 Å². The molecule has 1 saturated carbocycles. The van der Waals surface area contributed by atoms with E-state index in [-0.39, 0.29) is 5.97 Å². The Hall–Kier alpha value is -1.36. The molecule has 1 heterocycles. The Bertz CT molecular complexity index is 451. The first-order valence-electron chi connectivity index (χ1n) is 6.31. The Kier molecular flexibility index (Phi) is 3.43. The van der Waals surface area contributed by atoms with Crippen LogP contribution in [0.5, 0.6) is 0 Å². The van der Waals surface area contributed by atoms with Gasteiger partial charge in [-0.25, -0.2) is 9.78 Å². The molecule has 5 heteroatoms. The van der Waals surface area contributed by atoms with Crippen LogP contribution in [0.25, 0.3) is 0 Å². The number of nitrogens with zero attached hydrogens (tertiary/aromatic N) is 2. The summed E-state index contributed by atoms with van der Waals surface area (Å²) in [7, 11) is 3.27. The number of methoxy groups -OCH3 is 1. The standard InChI is InChI=1S/C13H21N3O2/c1-9-10(2)16(8-15-9)7-13(14-3,11-5-6-11)12(17)18-4/h8,11,14H,5-7H2,1-4H3. The van der Waals surface area contributed by atoms with Gasteiger partial charge in [-0.3, -0.25) is 0 Å². The average molecular weight is 251 g/mol. The van der Waals surface area contributed by atoms with E-state index in [9.17, 15) is 4.79 Å². The average Bonchev–Trinajstić information content (AvgIpc) is 3.18. The van der Waals surface area contributed by atoms with Gasteiger partial charge < -0.3 is 14.6 Å². The summed E-state index contributed by atoms with van der Waals surface area (Å²) < 4.78 is 7.02. The summed E-state index contributed by atoms with van der Waals surface area (Å²) in [5, 5.41) is 3.19. The Balaban J connectivity index is 2.30. The normalized spacial score (nSPS) is 18.4. The zero-order chi connectivity index (χ0) is 13.3. The molecule has 0 radical (unpaired) electrons. The molecule has 1 fully saturated rings. The number of carbonyl (C=O) groups is 1. The number of hydrogen-bond acceptors (Lipinski definition) is 4. The number of carbonyl (C=O) groups excluding carboxylic acids is 1. The van der Waals surface area contributed by atoms with E-state index in [4.69, 9.17) is 4.74 Å². The van der Waals surface area contributed by atoms with Crippen molar-refractivity contribution < 1.29 is 9.53 Å². The van der Waals surface area contributed by atoms with E-state index in [1.54, 1.807) is 6.33 Å². The summed E-state index contributed by atoms with van der Waals surface area (Å²) in [5.74, 6) is 0.176. The molecule has 100 valence electrons. The molecule has 1 unspecified atom stereocenters. The minimum Gasteiger partial charge on any atom is -0.468 e. The van der Waals surface area contributed by atoms with E-state index in [1.165, 1.54) is 7.11 Å². The number of aromatic nitrogens is 2. The van der Waals surface area contributed by atoms with Crippen molar-refractivity contribution in [3.63, 3.8) is 0 Å². The highest BCUT2D eigenvalue weighted by molar-refractivity contribution is 5.81. The molecule has 0 spiro atoms. The van der Waals surface area contributed by atoms with Crippen LogP contribution in [-0.4, -0.2) is 35.2 Å². The third kappa shape index (κ3) is 2.03. The van der Waals surface area contributed by atoms with Gasteiger partial charge in [-0.15, -0.1) is 0 Å². The maximum Gasteiger partial charge on any atom is 0.328 e. The molecular formula is C13H21N3O2. The smallest absolute Gasteiger partial charge is 0.328 e. The van der Waals surface area contributed by atoms with Crippen LogP contribution in [-0.2, 0) is 16.1 Å². The summed E-state index contributed by atoms with van der Waals surface area (Å²) >= 11 is 0. The monoisotopic (exact) mass is 251 g/mol. The van der Waals surface area contributed by atoms with E-state index in [2.05, 4.69) is 10.3 Å². The van der Waals surface area contributed by atoms with Crippen LogP contribution in [0.4, 0.5) is 0 Å². The molecule has 1 aliphatic carbocycles. The molecule has 1 atom stereocenters. The molecule has 1 aromatic rings. The van der Waals surface area contributed by atoms with E-state index in [0.717, 1.165) is 24.2 Å². The van der Waals surface area contributed by atoms with E-state index in [1.807, 2.05) is 25.5 Å².